The van der Waals surface area contributed by atoms with Gasteiger partial charge in [-0.15, -0.1) is 0 Å². The summed E-state index contributed by atoms with van der Waals surface area (Å²) in [6, 6.07) is 63.8. The van der Waals surface area contributed by atoms with Crippen molar-refractivity contribution in [3.05, 3.63) is 169 Å². The molecule has 0 nitrogen and oxygen atoms in total. The number of aryl methyl sites for hydroxylation is 1. The highest BCUT2D eigenvalue weighted by molar-refractivity contribution is 6.48. The van der Waals surface area contributed by atoms with Crippen LogP contribution in [0.4, 0.5) is 0 Å². The molecule has 0 amide bonds. The van der Waals surface area contributed by atoms with Crippen LogP contribution in [0.2, 0.25) is 0 Å². The van der Waals surface area contributed by atoms with Crippen LogP contribution in [0, 0.1) is 6.92 Å². The Balaban J connectivity index is 0.989. The van der Waals surface area contributed by atoms with Crippen LogP contribution in [-0.4, -0.2) is 0 Å². The topological polar surface area (TPSA) is 0 Å². The molecule has 17 rings (SSSR count). The molecule has 0 saturated carbocycles. The molecule has 2 aliphatic carbocycles. The van der Waals surface area contributed by atoms with Crippen LogP contribution in [0.25, 0.3) is 174 Å². The van der Waals surface area contributed by atoms with Crippen molar-refractivity contribution in [3.63, 3.8) is 0 Å². The minimum Gasteiger partial charge on any atom is -0.0616 e. The standard InChI is InChI=1S/C61H30/c1-29-10-11-32-35-12-13-36-37-14-15-38-40-18-20-43-46-24-26-49-59-33-8-4-2-6-30(33)31-7-3-5-9-34(31)60(59)50-27-25-47(58(46)61(49)50)44-21-19-41(56(40)57(43)44)39-16-17-42(54(37)55(38)39)45-22-23-48(51(32)28-29)52(35)53(36)45/h2-28H,1H3. The van der Waals surface area contributed by atoms with Gasteiger partial charge in [0.15, 0.2) is 0 Å². The number of hydrogen-bond acceptors (Lipinski definition) is 0. The lowest BCUT2D eigenvalue weighted by Crippen LogP contribution is -1.93. The maximum absolute atomic E-state index is 2.44. The molecule has 0 fully saturated rings. The number of fused-ring (bicyclic) bond motifs is 17. The van der Waals surface area contributed by atoms with Gasteiger partial charge in [0.25, 0.3) is 0 Å². The SMILES string of the molecule is Cc1ccc2c(c1)-c1ccc3c4ccc5c6ccc7c8ccc9c%10c(ccc(c%11ccc(c%12ccc(c%13ccc-2c1c%133)c4c%125)c6c%117)c%108)-c1c-9c2ccccc2c2ccccc12. The van der Waals surface area contributed by atoms with Gasteiger partial charge < -0.3 is 0 Å². The summed E-state index contributed by atoms with van der Waals surface area (Å²) in [6.07, 6.45) is 0. The van der Waals surface area contributed by atoms with Gasteiger partial charge in [-0.25, -0.2) is 0 Å². The van der Waals surface area contributed by atoms with Gasteiger partial charge >= 0.3 is 0 Å². The Bertz CT molecular complexity index is 4400. The molecule has 0 atom stereocenters. The molecule has 61 heavy (non-hydrogen) atoms. The first kappa shape index (κ1) is 30.3. The summed E-state index contributed by atoms with van der Waals surface area (Å²) < 4.78 is 0. The molecule has 15 aromatic rings. The zero-order valence-electron chi connectivity index (χ0n) is 33.1. The summed E-state index contributed by atoms with van der Waals surface area (Å²) in [7, 11) is 0. The van der Waals surface area contributed by atoms with Gasteiger partial charge in [-0.1, -0.05) is 169 Å². The summed E-state index contributed by atoms with van der Waals surface area (Å²) in [6.45, 7) is 2.21. The fourth-order valence-electron chi connectivity index (χ4n) is 13.4. The van der Waals surface area contributed by atoms with Crippen molar-refractivity contribution in [2.45, 2.75) is 6.92 Å². The van der Waals surface area contributed by atoms with Crippen LogP contribution in [-0.2, 0) is 0 Å². The first-order valence-electron chi connectivity index (χ1n) is 21.7. The van der Waals surface area contributed by atoms with Crippen molar-refractivity contribution < 1.29 is 0 Å². The second kappa shape index (κ2) is 9.79. The Kier molecular flexibility index (Phi) is 4.86. The summed E-state index contributed by atoms with van der Waals surface area (Å²) >= 11 is 0. The summed E-state index contributed by atoms with van der Waals surface area (Å²) in [4.78, 5) is 0. The van der Waals surface area contributed by atoms with Gasteiger partial charge in [0.2, 0.25) is 0 Å². The van der Waals surface area contributed by atoms with E-state index in [0.29, 0.717) is 0 Å². The molecule has 0 heterocycles. The summed E-state index contributed by atoms with van der Waals surface area (Å²) in [5.74, 6) is 0. The third kappa shape index (κ3) is 3.19. The fraction of sp³-hybridized carbons (Fsp3) is 0.0164. The molecule has 2 aliphatic rings. The largest absolute Gasteiger partial charge is 0.0616 e. The lowest BCUT2D eigenvalue weighted by molar-refractivity contribution is 1.48. The number of rotatable bonds is 0. The predicted molar refractivity (Wildman–Crippen MR) is 264 cm³/mol. The third-order valence-corrected chi connectivity index (χ3v) is 15.6. The van der Waals surface area contributed by atoms with Crippen molar-refractivity contribution in [2.75, 3.05) is 0 Å². The van der Waals surface area contributed by atoms with Crippen molar-refractivity contribution in [2.24, 2.45) is 0 Å². The van der Waals surface area contributed by atoms with Crippen molar-refractivity contribution in [1.82, 2.24) is 0 Å². The first-order chi connectivity index (χ1) is 30.2. The third-order valence-electron chi connectivity index (χ3n) is 15.6. The summed E-state index contributed by atoms with van der Waals surface area (Å²) in [5, 5.41) is 32.7. The number of hydrogen-bond donors (Lipinski definition) is 0. The minimum absolute atomic E-state index is 1.31. The predicted octanol–water partition coefficient (Wildman–Crippen LogP) is 17.4. The Hall–Kier alpha value is -7.80. The van der Waals surface area contributed by atoms with Gasteiger partial charge in [-0.2, -0.15) is 0 Å². The highest BCUT2D eigenvalue weighted by Crippen LogP contribution is 2.58. The van der Waals surface area contributed by atoms with E-state index in [9.17, 15) is 0 Å². The Morgan fingerprint density at radius 2 is 0.475 bits per heavy atom. The summed E-state index contributed by atoms with van der Waals surface area (Å²) in [5.41, 5.74) is 12.3. The molecule has 0 spiro atoms. The van der Waals surface area contributed by atoms with E-state index >= 15 is 0 Å². The van der Waals surface area contributed by atoms with E-state index in [1.54, 1.807) is 0 Å². The molecular formula is C61H30. The average Bonchev–Trinajstić information content (AvgIpc) is 3.83. The number of benzene rings is 15. The van der Waals surface area contributed by atoms with Crippen LogP contribution >= 0.6 is 0 Å². The maximum atomic E-state index is 2.44. The monoisotopic (exact) mass is 762 g/mol. The zero-order chi connectivity index (χ0) is 39.1. The van der Waals surface area contributed by atoms with E-state index in [1.807, 2.05) is 0 Å². The van der Waals surface area contributed by atoms with Gasteiger partial charge in [0, 0.05) is 0 Å². The van der Waals surface area contributed by atoms with Gasteiger partial charge in [-0.3, -0.25) is 0 Å². The smallest absolute Gasteiger partial charge is 0.00134 e. The molecule has 0 N–H and O–H groups in total. The van der Waals surface area contributed by atoms with Gasteiger partial charge in [-0.05, 0) is 181 Å². The van der Waals surface area contributed by atoms with E-state index in [4.69, 9.17) is 0 Å². The van der Waals surface area contributed by atoms with Crippen molar-refractivity contribution >= 4 is 129 Å². The van der Waals surface area contributed by atoms with E-state index in [0.717, 1.165) is 0 Å². The van der Waals surface area contributed by atoms with E-state index < -0.39 is 0 Å². The molecule has 0 unspecified atom stereocenters. The fourth-order valence-corrected chi connectivity index (χ4v) is 13.4. The van der Waals surface area contributed by atoms with Gasteiger partial charge in [0.1, 0.15) is 0 Å². The lowest BCUT2D eigenvalue weighted by Gasteiger charge is -2.22. The first-order valence-corrected chi connectivity index (χ1v) is 21.7. The molecule has 0 heteroatoms. The van der Waals surface area contributed by atoms with Crippen molar-refractivity contribution in [1.29, 1.82) is 0 Å². The molecule has 0 aliphatic heterocycles. The van der Waals surface area contributed by atoms with E-state index in [-0.39, 0.29) is 0 Å². The Labute approximate surface area is 348 Å². The average molecular weight is 763 g/mol. The van der Waals surface area contributed by atoms with Crippen LogP contribution in [0.15, 0.2) is 164 Å². The second-order valence-corrected chi connectivity index (χ2v) is 18.2. The molecule has 15 aromatic carbocycles. The molecular weight excluding hydrogens is 733 g/mol. The maximum Gasteiger partial charge on any atom is -0.00134 e. The van der Waals surface area contributed by atoms with Gasteiger partial charge in [0.05, 0.1) is 0 Å². The second-order valence-electron chi connectivity index (χ2n) is 18.2. The Morgan fingerprint density at radius 1 is 0.197 bits per heavy atom. The molecule has 0 saturated heterocycles. The highest BCUT2D eigenvalue weighted by atomic mass is 14.3. The Morgan fingerprint density at radius 3 is 0.869 bits per heavy atom. The zero-order valence-corrected chi connectivity index (χ0v) is 33.1. The van der Waals surface area contributed by atoms with Crippen LogP contribution in [0.1, 0.15) is 5.56 Å². The van der Waals surface area contributed by atoms with Crippen molar-refractivity contribution in [3.8, 4) is 44.5 Å². The normalized spacial score (nSPS) is 13.3. The van der Waals surface area contributed by atoms with Crippen LogP contribution in [0.3, 0.4) is 0 Å². The highest BCUT2D eigenvalue weighted by Gasteiger charge is 2.30. The molecule has 0 aromatic heterocycles. The molecule has 0 bridgehead atoms. The minimum atomic E-state index is 1.31. The van der Waals surface area contributed by atoms with E-state index in [1.165, 1.54) is 179 Å². The molecule has 274 valence electrons. The molecule has 0 radical (unpaired) electrons. The lowest BCUT2D eigenvalue weighted by atomic mass is 9.81. The van der Waals surface area contributed by atoms with E-state index in [2.05, 4.69) is 171 Å². The van der Waals surface area contributed by atoms with Crippen LogP contribution < -0.4 is 0 Å². The van der Waals surface area contributed by atoms with Crippen LogP contribution in [0.5, 0.6) is 0 Å². The quantitative estimate of drug-likeness (QED) is 0.107.